The van der Waals surface area contributed by atoms with Crippen LogP contribution < -0.4 is 5.32 Å². The minimum Gasteiger partial charge on any atom is -0.381 e. The van der Waals surface area contributed by atoms with Gasteiger partial charge in [-0.1, -0.05) is 0 Å². The van der Waals surface area contributed by atoms with Gasteiger partial charge >= 0.3 is 0 Å². The Kier molecular flexibility index (Phi) is 4.32. The number of hydrogen-bond acceptors (Lipinski definition) is 3. The van der Waals surface area contributed by atoms with Crippen LogP contribution in [0.15, 0.2) is 22.9 Å². The number of aromatic nitrogens is 1. The maximum absolute atomic E-state index is 5.40. The minimum absolute atomic E-state index is 0.383. The van der Waals surface area contributed by atoms with Gasteiger partial charge in [-0.2, -0.15) is 0 Å². The van der Waals surface area contributed by atoms with Crippen molar-refractivity contribution >= 4 is 15.9 Å². The lowest BCUT2D eigenvalue weighted by Crippen LogP contribution is -2.30. The molecular formula is C12H17BrN2O. The molecule has 1 aliphatic rings. The van der Waals surface area contributed by atoms with Crippen molar-refractivity contribution in [3.63, 3.8) is 0 Å². The molecule has 0 bridgehead atoms. The smallest absolute Gasteiger partial charge is 0.0469 e. The highest BCUT2D eigenvalue weighted by Gasteiger charge is 2.24. The molecule has 0 aromatic carbocycles. The van der Waals surface area contributed by atoms with Gasteiger partial charge in [-0.05, 0) is 53.4 Å². The molecule has 0 spiro atoms. The van der Waals surface area contributed by atoms with Crippen molar-refractivity contribution in [2.24, 2.45) is 5.92 Å². The van der Waals surface area contributed by atoms with Crippen LogP contribution in [0.4, 0.5) is 0 Å². The lowest BCUT2D eigenvalue weighted by molar-refractivity contribution is 0.0546. The van der Waals surface area contributed by atoms with E-state index in [0.29, 0.717) is 12.0 Å². The fraction of sp³-hybridized carbons (Fsp3) is 0.583. The van der Waals surface area contributed by atoms with Crippen LogP contribution in [0.25, 0.3) is 0 Å². The van der Waals surface area contributed by atoms with Crippen molar-refractivity contribution in [1.29, 1.82) is 0 Å². The average molecular weight is 285 g/mol. The van der Waals surface area contributed by atoms with Gasteiger partial charge in [0.25, 0.3) is 0 Å². The van der Waals surface area contributed by atoms with Gasteiger partial charge in [0.15, 0.2) is 0 Å². The Morgan fingerprint density at radius 2 is 2.19 bits per heavy atom. The molecule has 1 atom stereocenters. The van der Waals surface area contributed by atoms with E-state index in [-0.39, 0.29) is 0 Å². The summed E-state index contributed by atoms with van der Waals surface area (Å²) < 4.78 is 6.44. The second-order valence-corrected chi connectivity index (χ2v) is 5.07. The number of nitrogens with one attached hydrogen (secondary N) is 1. The lowest BCUT2D eigenvalue weighted by Gasteiger charge is -2.30. The number of nitrogens with zero attached hydrogens (tertiary/aromatic N) is 1. The SMILES string of the molecule is CNC(c1cncc(Br)c1)C1CCOCC1. The third-order valence-electron chi connectivity index (χ3n) is 3.13. The molecule has 1 fully saturated rings. The molecule has 0 radical (unpaired) electrons. The van der Waals surface area contributed by atoms with Crippen LogP contribution in [0.2, 0.25) is 0 Å². The zero-order chi connectivity index (χ0) is 11.4. The largest absolute Gasteiger partial charge is 0.381 e. The molecule has 3 nitrogen and oxygen atoms in total. The summed E-state index contributed by atoms with van der Waals surface area (Å²) >= 11 is 3.47. The second-order valence-electron chi connectivity index (χ2n) is 4.15. The monoisotopic (exact) mass is 284 g/mol. The van der Waals surface area contributed by atoms with Crippen molar-refractivity contribution in [2.75, 3.05) is 20.3 Å². The normalized spacial score (nSPS) is 19.6. The van der Waals surface area contributed by atoms with E-state index in [0.717, 1.165) is 30.5 Å². The third kappa shape index (κ3) is 2.81. The zero-order valence-electron chi connectivity index (χ0n) is 9.45. The van der Waals surface area contributed by atoms with Gasteiger partial charge in [-0.15, -0.1) is 0 Å². The molecule has 0 amide bonds. The molecule has 2 heterocycles. The van der Waals surface area contributed by atoms with E-state index < -0.39 is 0 Å². The van der Waals surface area contributed by atoms with Gasteiger partial charge in [-0.3, -0.25) is 4.98 Å². The van der Waals surface area contributed by atoms with E-state index in [4.69, 9.17) is 4.74 Å². The highest BCUT2D eigenvalue weighted by Crippen LogP contribution is 2.30. The molecule has 0 aliphatic carbocycles. The summed E-state index contributed by atoms with van der Waals surface area (Å²) in [7, 11) is 2.01. The first kappa shape index (κ1) is 12.0. The van der Waals surface area contributed by atoms with Crippen LogP contribution in [0.1, 0.15) is 24.4 Å². The number of hydrogen-bond donors (Lipinski definition) is 1. The van der Waals surface area contributed by atoms with Gasteiger partial charge in [0.1, 0.15) is 0 Å². The lowest BCUT2D eigenvalue weighted by atomic mass is 9.88. The van der Waals surface area contributed by atoms with E-state index in [1.807, 2.05) is 19.4 Å². The predicted molar refractivity (Wildman–Crippen MR) is 67.3 cm³/mol. The van der Waals surface area contributed by atoms with Crippen molar-refractivity contribution < 1.29 is 4.74 Å². The van der Waals surface area contributed by atoms with E-state index in [1.165, 1.54) is 5.56 Å². The molecule has 1 saturated heterocycles. The molecule has 1 unspecified atom stereocenters. The minimum atomic E-state index is 0.383. The van der Waals surface area contributed by atoms with Crippen molar-refractivity contribution in [1.82, 2.24) is 10.3 Å². The number of pyridine rings is 1. The van der Waals surface area contributed by atoms with Crippen LogP contribution in [0.5, 0.6) is 0 Å². The Morgan fingerprint density at radius 1 is 1.44 bits per heavy atom. The third-order valence-corrected chi connectivity index (χ3v) is 3.57. The molecule has 1 aromatic heterocycles. The second kappa shape index (κ2) is 5.75. The summed E-state index contributed by atoms with van der Waals surface area (Å²) in [6.07, 6.45) is 6.01. The number of ether oxygens (including phenoxy) is 1. The first-order valence-corrected chi connectivity index (χ1v) is 6.46. The Hall–Kier alpha value is -0.450. The highest BCUT2D eigenvalue weighted by atomic mass is 79.9. The summed E-state index contributed by atoms with van der Waals surface area (Å²) in [6.45, 7) is 1.76. The van der Waals surface area contributed by atoms with E-state index in [9.17, 15) is 0 Å². The summed E-state index contributed by atoms with van der Waals surface area (Å²) in [5.41, 5.74) is 1.25. The molecule has 1 N–H and O–H groups in total. The molecule has 2 rings (SSSR count). The Labute approximate surface area is 105 Å². The summed E-state index contributed by atoms with van der Waals surface area (Å²) in [6, 6.07) is 2.53. The topological polar surface area (TPSA) is 34.2 Å². The van der Waals surface area contributed by atoms with Crippen molar-refractivity contribution in [3.05, 3.63) is 28.5 Å². The van der Waals surface area contributed by atoms with Crippen LogP contribution in [0.3, 0.4) is 0 Å². The van der Waals surface area contributed by atoms with Gasteiger partial charge in [0.2, 0.25) is 0 Å². The van der Waals surface area contributed by atoms with E-state index in [1.54, 1.807) is 0 Å². The Balaban J connectivity index is 2.14. The summed E-state index contributed by atoms with van der Waals surface area (Å²) in [5.74, 6) is 0.648. The van der Waals surface area contributed by atoms with Crippen molar-refractivity contribution in [2.45, 2.75) is 18.9 Å². The summed E-state index contributed by atoms with van der Waals surface area (Å²) in [5, 5.41) is 3.40. The fourth-order valence-electron chi connectivity index (χ4n) is 2.32. The van der Waals surface area contributed by atoms with Gasteiger partial charge in [-0.25, -0.2) is 0 Å². The molecular weight excluding hydrogens is 268 g/mol. The molecule has 1 aliphatic heterocycles. The molecule has 1 aromatic rings. The van der Waals surface area contributed by atoms with E-state index >= 15 is 0 Å². The van der Waals surface area contributed by atoms with Gasteiger partial charge in [0.05, 0.1) is 0 Å². The zero-order valence-corrected chi connectivity index (χ0v) is 11.0. The van der Waals surface area contributed by atoms with Crippen LogP contribution in [0, 0.1) is 5.92 Å². The fourth-order valence-corrected chi connectivity index (χ4v) is 2.70. The molecule has 4 heteroatoms. The Morgan fingerprint density at radius 3 is 2.81 bits per heavy atom. The average Bonchev–Trinajstić information content (AvgIpc) is 2.31. The summed E-state index contributed by atoms with van der Waals surface area (Å²) in [4.78, 5) is 4.23. The predicted octanol–water partition coefficient (Wildman–Crippen LogP) is 2.53. The highest BCUT2D eigenvalue weighted by molar-refractivity contribution is 9.10. The van der Waals surface area contributed by atoms with Gasteiger partial charge < -0.3 is 10.1 Å². The van der Waals surface area contributed by atoms with Crippen LogP contribution in [-0.2, 0) is 4.74 Å². The standard InChI is InChI=1S/C12H17BrN2O/c1-14-12(9-2-4-16-5-3-9)10-6-11(13)8-15-7-10/h6-9,12,14H,2-5H2,1H3. The van der Waals surface area contributed by atoms with Gasteiger partial charge in [0, 0.05) is 36.1 Å². The number of rotatable bonds is 3. The maximum atomic E-state index is 5.40. The number of halogens is 1. The first-order valence-electron chi connectivity index (χ1n) is 5.66. The Bertz CT molecular complexity index is 340. The molecule has 16 heavy (non-hydrogen) atoms. The first-order chi connectivity index (χ1) is 7.81. The van der Waals surface area contributed by atoms with Crippen LogP contribution in [-0.4, -0.2) is 25.2 Å². The van der Waals surface area contributed by atoms with E-state index in [2.05, 4.69) is 32.3 Å². The molecule has 0 saturated carbocycles. The maximum Gasteiger partial charge on any atom is 0.0469 e. The van der Waals surface area contributed by atoms with Crippen LogP contribution >= 0.6 is 15.9 Å². The quantitative estimate of drug-likeness (QED) is 0.926. The molecule has 88 valence electrons. The van der Waals surface area contributed by atoms with Crippen molar-refractivity contribution in [3.8, 4) is 0 Å².